The molecule has 1 saturated heterocycles. The Balaban J connectivity index is 1.47. The van der Waals surface area contributed by atoms with Gasteiger partial charge in [-0.15, -0.1) is 0 Å². The Morgan fingerprint density at radius 3 is 2.25 bits per heavy atom. The van der Waals surface area contributed by atoms with Gasteiger partial charge in [-0.3, -0.25) is 4.79 Å². The molecule has 0 atom stereocenters. The number of carbonyl (C=O) groups is 1. The molecule has 2 heterocycles. The highest BCUT2D eigenvalue weighted by molar-refractivity contribution is 5.93. The van der Waals surface area contributed by atoms with Crippen molar-refractivity contribution in [3.05, 3.63) is 72.1 Å². The molecule has 1 aromatic heterocycles. The average molecular weight is 376 g/mol. The number of para-hydroxylation sites is 1. The number of benzene rings is 2. The van der Waals surface area contributed by atoms with Crippen LogP contribution in [0.4, 0.5) is 5.69 Å². The maximum Gasteiger partial charge on any atom is 0.272 e. The van der Waals surface area contributed by atoms with Crippen molar-refractivity contribution < 1.29 is 9.53 Å². The predicted octanol–water partition coefficient (Wildman–Crippen LogP) is 3.15. The third-order valence-electron chi connectivity index (χ3n) is 5.06. The zero-order chi connectivity index (χ0) is 19.5. The van der Waals surface area contributed by atoms with Gasteiger partial charge < -0.3 is 14.5 Å². The Bertz CT molecular complexity index is 942. The summed E-state index contributed by atoms with van der Waals surface area (Å²) in [5.41, 5.74) is 3.50. The number of amides is 1. The van der Waals surface area contributed by atoms with Gasteiger partial charge in [-0.2, -0.15) is 5.10 Å². The number of nitrogens with zero attached hydrogens (tertiary/aromatic N) is 4. The fraction of sp³-hybridized carbons (Fsp3) is 0.273. The first kappa shape index (κ1) is 18.1. The lowest BCUT2D eigenvalue weighted by Gasteiger charge is -2.36. The molecule has 0 N–H and O–H groups in total. The summed E-state index contributed by atoms with van der Waals surface area (Å²) in [5.74, 6) is 0.876. The van der Waals surface area contributed by atoms with Crippen LogP contribution in [0.15, 0.2) is 60.7 Å². The zero-order valence-electron chi connectivity index (χ0n) is 16.2. The molecule has 0 aliphatic carbocycles. The summed E-state index contributed by atoms with van der Waals surface area (Å²) in [6.07, 6.45) is 0. The van der Waals surface area contributed by atoms with Gasteiger partial charge in [0.25, 0.3) is 5.91 Å². The van der Waals surface area contributed by atoms with Crippen molar-refractivity contribution in [2.75, 3.05) is 38.2 Å². The van der Waals surface area contributed by atoms with E-state index in [4.69, 9.17) is 4.74 Å². The molecule has 144 valence electrons. The monoisotopic (exact) mass is 376 g/mol. The molecular formula is C22H24N4O2. The van der Waals surface area contributed by atoms with Crippen molar-refractivity contribution in [2.45, 2.75) is 6.92 Å². The van der Waals surface area contributed by atoms with Crippen LogP contribution in [0, 0.1) is 6.92 Å². The van der Waals surface area contributed by atoms with E-state index in [1.807, 2.05) is 60.4 Å². The van der Waals surface area contributed by atoms with Crippen LogP contribution in [-0.2, 0) is 0 Å². The first-order valence-electron chi connectivity index (χ1n) is 9.46. The van der Waals surface area contributed by atoms with Crippen molar-refractivity contribution >= 4 is 11.6 Å². The molecular weight excluding hydrogens is 352 g/mol. The predicted molar refractivity (Wildman–Crippen MR) is 109 cm³/mol. The van der Waals surface area contributed by atoms with Crippen LogP contribution in [0.1, 0.15) is 16.2 Å². The van der Waals surface area contributed by atoms with Crippen LogP contribution in [0.2, 0.25) is 0 Å². The fourth-order valence-corrected chi connectivity index (χ4v) is 3.54. The van der Waals surface area contributed by atoms with E-state index in [1.165, 1.54) is 0 Å². The fourth-order valence-electron chi connectivity index (χ4n) is 3.54. The molecule has 28 heavy (non-hydrogen) atoms. The van der Waals surface area contributed by atoms with Crippen molar-refractivity contribution in [1.29, 1.82) is 0 Å². The molecule has 0 saturated carbocycles. The van der Waals surface area contributed by atoms with E-state index >= 15 is 0 Å². The van der Waals surface area contributed by atoms with Gasteiger partial charge in [0.05, 0.1) is 18.5 Å². The van der Waals surface area contributed by atoms with E-state index in [2.05, 4.69) is 22.1 Å². The Morgan fingerprint density at radius 1 is 0.929 bits per heavy atom. The molecule has 3 aromatic rings. The second-order valence-corrected chi connectivity index (χ2v) is 6.90. The van der Waals surface area contributed by atoms with E-state index in [9.17, 15) is 4.79 Å². The molecule has 0 radical (unpaired) electrons. The quantitative estimate of drug-likeness (QED) is 0.702. The molecule has 6 heteroatoms. The second kappa shape index (κ2) is 7.76. The molecule has 1 aliphatic heterocycles. The third kappa shape index (κ3) is 3.58. The number of anilines is 1. The Morgan fingerprint density at radius 2 is 1.61 bits per heavy atom. The van der Waals surface area contributed by atoms with Crippen molar-refractivity contribution in [1.82, 2.24) is 14.7 Å². The number of carbonyl (C=O) groups excluding carboxylic acids is 1. The van der Waals surface area contributed by atoms with E-state index in [1.54, 1.807) is 11.8 Å². The van der Waals surface area contributed by atoms with E-state index in [0.29, 0.717) is 18.8 Å². The van der Waals surface area contributed by atoms with Gasteiger partial charge >= 0.3 is 0 Å². The maximum atomic E-state index is 13.2. The van der Waals surface area contributed by atoms with Crippen LogP contribution in [0.25, 0.3) is 5.69 Å². The van der Waals surface area contributed by atoms with Crippen LogP contribution in [0.5, 0.6) is 5.75 Å². The Hall–Kier alpha value is -3.28. The highest BCUT2D eigenvalue weighted by Crippen LogP contribution is 2.21. The minimum atomic E-state index is 0.0267. The summed E-state index contributed by atoms with van der Waals surface area (Å²) < 4.78 is 6.97. The van der Waals surface area contributed by atoms with Gasteiger partial charge in [0, 0.05) is 31.9 Å². The van der Waals surface area contributed by atoms with Gasteiger partial charge in [0.1, 0.15) is 11.4 Å². The van der Waals surface area contributed by atoms with E-state index in [-0.39, 0.29) is 5.91 Å². The van der Waals surface area contributed by atoms with Gasteiger partial charge in [0.15, 0.2) is 0 Å². The molecule has 2 aromatic carbocycles. The summed E-state index contributed by atoms with van der Waals surface area (Å²) in [4.78, 5) is 17.4. The first-order chi connectivity index (χ1) is 13.7. The van der Waals surface area contributed by atoms with E-state index < -0.39 is 0 Å². The molecule has 4 rings (SSSR count). The summed E-state index contributed by atoms with van der Waals surface area (Å²) in [6, 6.07) is 19.7. The third-order valence-corrected chi connectivity index (χ3v) is 5.06. The molecule has 0 unspecified atom stereocenters. The Labute approximate surface area is 164 Å². The van der Waals surface area contributed by atoms with Gasteiger partial charge in [-0.1, -0.05) is 18.2 Å². The largest absolute Gasteiger partial charge is 0.497 e. The summed E-state index contributed by atoms with van der Waals surface area (Å²) in [5, 5.41) is 4.52. The maximum absolute atomic E-state index is 13.2. The number of hydrogen-bond donors (Lipinski definition) is 0. The SMILES string of the molecule is COc1ccc(N2CCN(C(=O)c3cc(C)nn3-c3ccccc3)CC2)cc1. The number of aromatic nitrogens is 2. The molecule has 1 fully saturated rings. The zero-order valence-corrected chi connectivity index (χ0v) is 16.2. The minimum Gasteiger partial charge on any atom is -0.497 e. The second-order valence-electron chi connectivity index (χ2n) is 6.90. The number of hydrogen-bond acceptors (Lipinski definition) is 4. The van der Waals surface area contributed by atoms with Crippen LogP contribution < -0.4 is 9.64 Å². The highest BCUT2D eigenvalue weighted by Gasteiger charge is 2.25. The number of piperazine rings is 1. The van der Waals surface area contributed by atoms with Gasteiger partial charge in [0.2, 0.25) is 0 Å². The first-order valence-corrected chi connectivity index (χ1v) is 9.46. The number of aryl methyl sites for hydroxylation is 1. The van der Waals surface area contributed by atoms with Crippen molar-refractivity contribution in [2.24, 2.45) is 0 Å². The smallest absolute Gasteiger partial charge is 0.272 e. The summed E-state index contributed by atoms with van der Waals surface area (Å²) in [6.45, 7) is 4.89. The molecule has 6 nitrogen and oxygen atoms in total. The lowest BCUT2D eigenvalue weighted by atomic mass is 10.2. The van der Waals surface area contributed by atoms with Crippen LogP contribution in [0.3, 0.4) is 0 Å². The normalized spacial score (nSPS) is 14.2. The van der Waals surface area contributed by atoms with Crippen LogP contribution >= 0.6 is 0 Å². The lowest BCUT2D eigenvalue weighted by Crippen LogP contribution is -2.49. The van der Waals surface area contributed by atoms with Crippen LogP contribution in [-0.4, -0.2) is 53.9 Å². The number of rotatable bonds is 4. The van der Waals surface area contributed by atoms with Crippen molar-refractivity contribution in [3.63, 3.8) is 0 Å². The molecule has 1 aliphatic rings. The summed E-state index contributed by atoms with van der Waals surface area (Å²) in [7, 11) is 1.67. The molecule has 1 amide bonds. The van der Waals surface area contributed by atoms with E-state index in [0.717, 1.165) is 35.9 Å². The van der Waals surface area contributed by atoms with Gasteiger partial charge in [-0.25, -0.2) is 4.68 Å². The topological polar surface area (TPSA) is 50.6 Å². The average Bonchev–Trinajstić information content (AvgIpc) is 3.16. The molecule has 0 spiro atoms. The molecule has 0 bridgehead atoms. The standard InChI is InChI=1S/C22H24N4O2/c1-17-16-21(26(23-17)19-6-4-3-5-7-19)22(27)25-14-12-24(13-15-25)18-8-10-20(28-2)11-9-18/h3-11,16H,12-15H2,1-2H3. The van der Waals surface area contributed by atoms with Crippen molar-refractivity contribution in [3.8, 4) is 11.4 Å². The highest BCUT2D eigenvalue weighted by atomic mass is 16.5. The van der Waals surface area contributed by atoms with Gasteiger partial charge in [-0.05, 0) is 49.4 Å². The number of ether oxygens (including phenoxy) is 1. The minimum absolute atomic E-state index is 0.0267. The Kier molecular flexibility index (Phi) is 5.02. The lowest BCUT2D eigenvalue weighted by molar-refractivity contribution is 0.0737. The number of methoxy groups -OCH3 is 1. The summed E-state index contributed by atoms with van der Waals surface area (Å²) >= 11 is 0.